The maximum Gasteiger partial charge on any atom is 0.307 e. The molecular weight excluding hydrogens is 777 g/mol. The zero-order chi connectivity index (χ0) is 45.0. The average molecular weight is 853 g/mol. The van der Waals surface area contributed by atoms with E-state index in [0.717, 1.165) is 50.5 Å². The largest absolute Gasteiger partial charge is 0.481 e. The van der Waals surface area contributed by atoms with Gasteiger partial charge in [0.2, 0.25) is 17.7 Å². The Morgan fingerprint density at radius 2 is 1.61 bits per heavy atom. The minimum atomic E-state index is -1.03. The number of methoxy groups -OCH3 is 2. The molecule has 0 unspecified atom stereocenters. The first-order chi connectivity index (χ1) is 29.1. The van der Waals surface area contributed by atoms with Crippen LogP contribution in [0.3, 0.4) is 0 Å². The van der Waals surface area contributed by atoms with Gasteiger partial charge < -0.3 is 35.0 Å². The van der Waals surface area contributed by atoms with Gasteiger partial charge in [-0.3, -0.25) is 28.8 Å². The molecule has 13 nitrogen and oxygen atoms in total. The summed E-state index contributed by atoms with van der Waals surface area (Å²) in [6.07, 6.45) is 6.45. The molecule has 342 valence electrons. The Kier molecular flexibility index (Phi) is 19.4. The van der Waals surface area contributed by atoms with E-state index in [1.54, 1.807) is 30.9 Å². The lowest BCUT2D eigenvalue weighted by molar-refractivity contribution is -0.150. The smallest absolute Gasteiger partial charge is 0.307 e. The molecule has 2 aliphatic heterocycles. The molecule has 1 aliphatic carbocycles. The molecular formula is C48H76N4O9. The normalized spacial score (nSPS) is 23.3. The molecule has 2 bridgehead atoms. The predicted molar refractivity (Wildman–Crippen MR) is 234 cm³/mol. The Morgan fingerprint density at radius 1 is 0.902 bits per heavy atom. The van der Waals surface area contributed by atoms with Gasteiger partial charge in [-0.05, 0) is 81.2 Å². The van der Waals surface area contributed by atoms with Crippen LogP contribution in [0.15, 0.2) is 30.3 Å². The van der Waals surface area contributed by atoms with Crippen LogP contribution in [0.25, 0.3) is 0 Å². The third kappa shape index (κ3) is 12.5. The van der Waals surface area contributed by atoms with Crippen molar-refractivity contribution < 1.29 is 43.3 Å². The number of carbonyl (C=O) groups is 6. The molecule has 13 heteroatoms. The second kappa shape index (κ2) is 23.7. The van der Waals surface area contributed by atoms with E-state index in [-0.39, 0.29) is 78.8 Å². The van der Waals surface area contributed by atoms with Crippen LogP contribution in [-0.2, 0) is 44.7 Å². The quantitative estimate of drug-likeness (QED) is 0.106. The Bertz CT molecular complexity index is 1620. The minimum Gasteiger partial charge on any atom is -0.481 e. The van der Waals surface area contributed by atoms with Gasteiger partial charge in [-0.2, -0.15) is 0 Å². The van der Waals surface area contributed by atoms with Crippen LogP contribution in [0.2, 0.25) is 0 Å². The number of carboxylic acid groups (broad SMARTS) is 1. The van der Waals surface area contributed by atoms with E-state index in [1.807, 2.05) is 62.9 Å². The van der Waals surface area contributed by atoms with Gasteiger partial charge in [0.1, 0.15) is 5.78 Å². The van der Waals surface area contributed by atoms with Crippen LogP contribution >= 0.6 is 0 Å². The second-order valence-electron chi connectivity index (χ2n) is 18.6. The molecule has 1 aromatic rings. The topological polar surface area (TPSA) is 177 Å². The van der Waals surface area contributed by atoms with Crippen molar-refractivity contribution in [3.8, 4) is 0 Å². The van der Waals surface area contributed by atoms with Crippen molar-refractivity contribution in [1.29, 1.82) is 0 Å². The number of amides is 3. The second-order valence-corrected chi connectivity index (χ2v) is 18.6. The van der Waals surface area contributed by atoms with Crippen molar-refractivity contribution in [1.82, 2.24) is 14.7 Å². The van der Waals surface area contributed by atoms with Crippen molar-refractivity contribution in [2.45, 2.75) is 161 Å². The third-order valence-electron chi connectivity index (χ3n) is 14.3. The molecule has 2 saturated heterocycles. The summed E-state index contributed by atoms with van der Waals surface area (Å²) in [5.41, 5.74) is 6.50. The Hall–Kier alpha value is -3.68. The number of fused-ring (bicyclic) bond motifs is 2. The highest BCUT2D eigenvalue weighted by atomic mass is 16.5. The van der Waals surface area contributed by atoms with Crippen LogP contribution in [-0.4, -0.2) is 126 Å². The monoisotopic (exact) mass is 853 g/mol. The number of ketones is 2. The molecule has 0 aromatic heterocycles. The fourth-order valence-corrected chi connectivity index (χ4v) is 10.6. The molecule has 3 N–H and O–H groups in total. The molecule has 0 radical (unpaired) electrons. The van der Waals surface area contributed by atoms with E-state index in [1.165, 1.54) is 7.11 Å². The summed E-state index contributed by atoms with van der Waals surface area (Å²) in [6.45, 7) is 10.8. The van der Waals surface area contributed by atoms with Crippen LogP contribution < -0.4 is 5.73 Å². The summed E-state index contributed by atoms with van der Waals surface area (Å²) in [6, 6.07) is 7.97. The lowest BCUT2D eigenvalue weighted by atomic mass is 9.83. The first-order valence-corrected chi connectivity index (χ1v) is 23.0. The number of carboxylic acids is 1. The fourth-order valence-electron chi connectivity index (χ4n) is 10.6. The van der Waals surface area contributed by atoms with E-state index >= 15 is 0 Å². The van der Waals surface area contributed by atoms with Gasteiger partial charge in [-0.1, -0.05) is 77.8 Å². The molecule has 11 atom stereocenters. The van der Waals surface area contributed by atoms with E-state index in [2.05, 4.69) is 0 Å². The molecule has 3 aliphatic rings. The summed E-state index contributed by atoms with van der Waals surface area (Å²) in [5.74, 6) is -3.85. The highest BCUT2D eigenvalue weighted by Gasteiger charge is 2.51. The van der Waals surface area contributed by atoms with Crippen molar-refractivity contribution in [2.24, 2.45) is 41.2 Å². The van der Waals surface area contributed by atoms with E-state index in [0.29, 0.717) is 32.4 Å². The number of unbranched alkanes of at least 4 members (excludes halogenated alkanes) is 2. The minimum absolute atomic E-state index is 0.00464. The number of likely N-dealkylation sites (N-methyl/N-ethyl adjacent to an activating group) is 1. The van der Waals surface area contributed by atoms with Crippen molar-refractivity contribution in [3.05, 3.63) is 35.9 Å². The number of hydrogen-bond donors (Lipinski definition) is 2. The van der Waals surface area contributed by atoms with Gasteiger partial charge in [0, 0.05) is 65.0 Å². The SMILES string of the molecule is CC[C@H](C)[C@@H]([C@@H](CC(=O)N1CCC[C@H]1[C@H](OC)[C@@H](C)C(=O)C[C@@H](Cc1ccccc1)C(=O)O)OC)N(C)C(=O)[C@@H](CC(=O)[C@@H]1[C@H]2CC[C@H](C2)N1C(=O)CCCCCN)C(C)C. The van der Waals surface area contributed by atoms with Gasteiger partial charge in [-0.15, -0.1) is 0 Å². The number of hydrogen-bond acceptors (Lipinski definition) is 9. The zero-order valence-electron chi connectivity index (χ0n) is 38.3. The number of rotatable bonds is 26. The van der Waals surface area contributed by atoms with Crippen LogP contribution in [0.1, 0.15) is 124 Å². The number of ether oxygens (including phenoxy) is 2. The van der Waals surface area contributed by atoms with Gasteiger partial charge in [0.25, 0.3) is 0 Å². The van der Waals surface area contributed by atoms with Gasteiger partial charge >= 0.3 is 5.97 Å². The standard InChI is InChI=1S/C48H76N4O9/c1-9-31(4)44(50(6)47(57)37(30(2)3)28-40(54)45-34-21-22-36(26-34)52(45)42(55)20-14-11-15-23-49)41(60-7)29-43(56)51-24-16-19-38(51)46(61-8)32(5)39(53)27-35(48(58)59)25-33-17-12-10-13-18-33/h10,12-13,17-18,30-32,34-38,41,44-46H,9,11,14-16,19-29,49H2,1-8H3,(H,58,59)/t31-,32-,34-,35+,36+,37-,38-,41+,44-,45-,46+/m0/s1. The zero-order valence-corrected chi connectivity index (χ0v) is 38.3. The third-order valence-corrected chi connectivity index (χ3v) is 14.3. The van der Waals surface area contributed by atoms with Crippen molar-refractivity contribution in [3.63, 3.8) is 0 Å². The van der Waals surface area contributed by atoms with Gasteiger partial charge in [-0.25, -0.2) is 0 Å². The summed E-state index contributed by atoms with van der Waals surface area (Å²) >= 11 is 0. The number of aliphatic carboxylic acids is 1. The van der Waals surface area contributed by atoms with Gasteiger partial charge in [0.15, 0.2) is 5.78 Å². The number of carbonyl (C=O) groups excluding carboxylic acids is 5. The average Bonchev–Trinajstić information content (AvgIpc) is 4.01. The highest BCUT2D eigenvalue weighted by Crippen LogP contribution is 2.44. The molecule has 2 heterocycles. The molecule has 0 spiro atoms. The van der Waals surface area contributed by atoms with Crippen LogP contribution in [0.4, 0.5) is 0 Å². The maximum atomic E-state index is 14.6. The molecule has 3 amide bonds. The number of nitrogens with zero attached hydrogens (tertiary/aromatic N) is 3. The van der Waals surface area contributed by atoms with E-state index < -0.39 is 54.1 Å². The predicted octanol–water partition coefficient (Wildman–Crippen LogP) is 5.94. The fraction of sp³-hybridized carbons (Fsp3) is 0.750. The van der Waals surface area contributed by atoms with E-state index in [4.69, 9.17) is 15.2 Å². The summed E-state index contributed by atoms with van der Waals surface area (Å²) in [4.78, 5) is 87.9. The molecule has 4 rings (SSSR count). The summed E-state index contributed by atoms with van der Waals surface area (Å²) in [5, 5.41) is 9.99. The Labute approximate surface area is 364 Å². The van der Waals surface area contributed by atoms with Crippen LogP contribution in [0.5, 0.6) is 0 Å². The maximum absolute atomic E-state index is 14.6. The lowest BCUT2D eigenvalue weighted by Gasteiger charge is -2.41. The lowest BCUT2D eigenvalue weighted by Crippen LogP contribution is -2.54. The Balaban J connectivity index is 1.46. The number of nitrogens with two attached hydrogens (primary N) is 1. The van der Waals surface area contributed by atoms with Crippen molar-refractivity contribution >= 4 is 35.3 Å². The van der Waals surface area contributed by atoms with Gasteiger partial charge in [0.05, 0.1) is 42.7 Å². The first kappa shape index (κ1) is 50.0. The molecule has 1 aromatic carbocycles. The first-order valence-electron chi connectivity index (χ1n) is 23.0. The molecule has 1 saturated carbocycles. The Morgan fingerprint density at radius 3 is 2.21 bits per heavy atom. The van der Waals surface area contributed by atoms with Crippen LogP contribution in [0, 0.1) is 35.5 Å². The number of likely N-dealkylation sites (tertiary alicyclic amines) is 2. The number of benzene rings is 1. The molecule has 61 heavy (non-hydrogen) atoms. The number of Topliss-reactive ketones (excluding diaryl/α,β-unsaturated/α-hetero) is 2. The highest BCUT2D eigenvalue weighted by molar-refractivity contribution is 5.94. The summed E-state index contributed by atoms with van der Waals surface area (Å²) < 4.78 is 12.0. The summed E-state index contributed by atoms with van der Waals surface area (Å²) in [7, 11) is 4.83. The van der Waals surface area contributed by atoms with Crippen molar-refractivity contribution in [2.75, 3.05) is 34.4 Å². The molecule has 3 fully saturated rings. The number of piperidine rings is 1. The van der Waals surface area contributed by atoms with E-state index in [9.17, 15) is 33.9 Å².